The Labute approximate surface area is 93.9 Å². The van der Waals surface area contributed by atoms with Gasteiger partial charge < -0.3 is 9.73 Å². The van der Waals surface area contributed by atoms with E-state index < -0.39 is 0 Å². The maximum Gasteiger partial charge on any atom is 0.315 e. The highest BCUT2D eigenvalue weighted by atomic mass is 35.5. The molecule has 0 aromatic carbocycles. The summed E-state index contributed by atoms with van der Waals surface area (Å²) < 4.78 is 5.49. The Balaban J connectivity index is 2.02. The molecule has 0 fully saturated rings. The fraction of sp³-hybridized carbons (Fsp3) is 0.143. The lowest BCUT2D eigenvalue weighted by Crippen LogP contribution is -1.98. The van der Waals surface area contributed by atoms with Gasteiger partial charge in [-0.1, -0.05) is 28.3 Å². The lowest BCUT2D eigenvalue weighted by Gasteiger charge is -1.98. The number of aromatic nitrogens is 2. The van der Waals surface area contributed by atoms with Gasteiger partial charge >= 0.3 is 6.01 Å². The van der Waals surface area contributed by atoms with Gasteiger partial charge in [0.05, 0.1) is 5.02 Å². The topological polar surface area (TPSA) is 51.0 Å². The highest BCUT2D eigenvalue weighted by Crippen LogP contribution is 2.32. The van der Waals surface area contributed by atoms with Crippen molar-refractivity contribution in [3.63, 3.8) is 0 Å². The summed E-state index contributed by atoms with van der Waals surface area (Å²) in [5.74, 6) is 0. The van der Waals surface area contributed by atoms with E-state index in [1.165, 1.54) is 17.7 Å². The van der Waals surface area contributed by atoms with Crippen LogP contribution in [0.2, 0.25) is 9.36 Å². The summed E-state index contributed by atoms with van der Waals surface area (Å²) in [6.07, 6.45) is 1.25. The first-order valence-electron chi connectivity index (χ1n) is 3.69. The summed E-state index contributed by atoms with van der Waals surface area (Å²) in [5, 5.41) is 12.6. The average molecular weight is 250 g/mol. The van der Waals surface area contributed by atoms with E-state index in [1.807, 2.05) is 5.38 Å². The first kappa shape index (κ1) is 9.76. The fourth-order valence-electron chi connectivity index (χ4n) is 0.893. The first-order valence-corrected chi connectivity index (χ1v) is 5.32. The largest absolute Gasteiger partial charge is 0.411 e. The van der Waals surface area contributed by atoms with Crippen molar-refractivity contribution in [1.82, 2.24) is 10.2 Å². The quantitative estimate of drug-likeness (QED) is 0.909. The van der Waals surface area contributed by atoms with Gasteiger partial charge in [-0.3, -0.25) is 0 Å². The van der Waals surface area contributed by atoms with Crippen molar-refractivity contribution in [2.24, 2.45) is 0 Å². The van der Waals surface area contributed by atoms with Crippen molar-refractivity contribution >= 4 is 40.6 Å². The second kappa shape index (κ2) is 4.16. The minimum atomic E-state index is 0.364. The highest BCUT2D eigenvalue weighted by Gasteiger charge is 2.07. The second-order valence-corrected chi connectivity index (χ2v) is 4.31. The molecule has 7 heteroatoms. The van der Waals surface area contributed by atoms with Gasteiger partial charge in [0.2, 0.25) is 6.39 Å². The lowest BCUT2D eigenvalue weighted by atomic mass is 10.3. The zero-order chi connectivity index (χ0) is 9.97. The number of thiophene rings is 1. The van der Waals surface area contributed by atoms with Gasteiger partial charge in [0.1, 0.15) is 4.34 Å². The molecule has 2 heterocycles. The van der Waals surface area contributed by atoms with Crippen LogP contribution >= 0.6 is 34.5 Å². The minimum absolute atomic E-state index is 0.364. The van der Waals surface area contributed by atoms with Gasteiger partial charge in [-0.25, -0.2) is 0 Å². The molecule has 2 aromatic rings. The van der Waals surface area contributed by atoms with Crippen molar-refractivity contribution < 1.29 is 4.42 Å². The van der Waals surface area contributed by atoms with E-state index in [2.05, 4.69) is 15.5 Å². The van der Waals surface area contributed by atoms with Crippen molar-refractivity contribution in [3.8, 4) is 0 Å². The Bertz CT molecular complexity index is 414. The predicted octanol–water partition coefficient (Wildman–Crippen LogP) is 3.05. The molecular weight excluding hydrogens is 245 g/mol. The third kappa shape index (κ3) is 2.00. The number of hydrogen-bond acceptors (Lipinski definition) is 5. The molecule has 4 nitrogen and oxygen atoms in total. The van der Waals surface area contributed by atoms with Gasteiger partial charge in [-0.15, -0.1) is 16.4 Å². The number of rotatable bonds is 3. The van der Waals surface area contributed by atoms with E-state index in [-0.39, 0.29) is 0 Å². The number of hydrogen-bond donors (Lipinski definition) is 1. The third-order valence-electron chi connectivity index (χ3n) is 1.55. The monoisotopic (exact) mass is 249 g/mol. The number of nitrogens with zero attached hydrogens (tertiary/aromatic N) is 2. The smallest absolute Gasteiger partial charge is 0.315 e. The molecule has 0 bridgehead atoms. The van der Waals surface area contributed by atoms with Crippen molar-refractivity contribution in [1.29, 1.82) is 0 Å². The molecule has 0 saturated carbocycles. The summed E-state index contributed by atoms with van der Waals surface area (Å²) in [6, 6.07) is 0.364. The van der Waals surface area contributed by atoms with Crippen molar-refractivity contribution in [2.75, 3.05) is 5.32 Å². The van der Waals surface area contributed by atoms with Crippen LogP contribution in [0.3, 0.4) is 0 Å². The van der Waals surface area contributed by atoms with Gasteiger partial charge in [0, 0.05) is 12.1 Å². The minimum Gasteiger partial charge on any atom is -0.411 e. The molecule has 2 rings (SSSR count). The molecule has 0 radical (unpaired) electrons. The highest BCUT2D eigenvalue weighted by molar-refractivity contribution is 7.15. The Hall–Kier alpha value is -0.780. The summed E-state index contributed by atoms with van der Waals surface area (Å²) in [7, 11) is 0. The lowest BCUT2D eigenvalue weighted by molar-refractivity contribution is 0.565. The molecule has 0 saturated heterocycles. The molecule has 2 aromatic heterocycles. The number of nitrogens with one attached hydrogen (secondary N) is 1. The van der Waals surface area contributed by atoms with Gasteiger partial charge in [-0.05, 0) is 5.38 Å². The van der Waals surface area contributed by atoms with Gasteiger partial charge in [0.15, 0.2) is 0 Å². The van der Waals surface area contributed by atoms with E-state index in [0.29, 0.717) is 21.9 Å². The Morgan fingerprint density at radius 1 is 1.50 bits per heavy atom. The van der Waals surface area contributed by atoms with Crippen LogP contribution in [-0.2, 0) is 6.54 Å². The molecule has 0 aliphatic carbocycles. The van der Waals surface area contributed by atoms with Gasteiger partial charge in [0.25, 0.3) is 0 Å². The SMILES string of the molecule is Clc1scc(CNc2nnco2)c1Cl. The van der Waals surface area contributed by atoms with E-state index >= 15 is 0 Å². The summed E-state index contributed by atoms with van der Waals surface area (Å²) in [4.78, 5) is 0. The molecule has 0 spiro atoms. The molecule has 74 valence electrons. The number of halogens is 2. The van der Waals surface area contributed by atoms with Crippen LogP contribution in [-0.4, -0.2) is 10.2 Å². The molecule has 14 heavy (non-hydrogen) atoms. The Morgan fingerprint density at radius 3 is 2.93 bits per heavy atom. The van der Waals surface area contributed by atoms with E-state index in [0.717, 1.165) is 5.56 Å². The molecule has 0 unspecified atom stereocenters. The maximum absolute atomic E-state index is 5.92. The molecule has 0 aliphatic rings. The van der Waals surface area contributed by atoms with Crippen LogP contribution in [0.15, 0.2) is 16.2 Å². The van der Waals surface area contributed by atoms with Crippen LogP contribution in [0, 0.1) is 0 Å². The standard InChI is InChI=1S/C7H5Cl2N3OS/c8-5-4(2-14-6(5)9)1-10-7-12-11-3-13-7/h2-3H,1H2,(H,10,12). The van der Waals surface area contributed by atoms with E-state index in [9.17, 15) is 0 Å². The van der Waals surface area contributed by atoms with Gasteiger partial charge in [-0.2, -0.15) is 0 Å². The summed E-state index contributed by atoms with van der Waals surface area (Å²) >= 11 is 13.1. The zero-order valence-electron chi connectivity index (χ0n) is 6.83. The van der Waals surface area contributed by atoms with Crippen LogP contribution in [0.1, 0.15) is 5.56 Å². The second-order valence-electron chi connectivity index (χ2n) is 2.45. The molecule has 0 aliphatic heterocycles. The van der Waals surface area contributed by atoms with Crippen molar-refractivity contribution in [3.05, 3.63) is 26.7 Å². The van der Waals surface area contributed by atoms with E-state index in [4.69, 9.17) is 27.6 Å². The Morgan fingerprint density at radius 2 is 2.36 bits per heavy atom. The molecule has 1 N–H and O–H groups in total. The van der Waals surface area contributed by atoms with Crippen LogP contribution < -0.4 is 5.32 Å². The normalized spacial score (nSPS) is 10.4. The van der Waals surface area contributed by atoms with Crippen LogP contribution in [0.4, 0.5) is 6.01 Å². The fourth-order valence-corrected chi connectivity index (χ4v) is 2.15. The van der Waals surface area contributed by atoms with Crippen LogP contribution in [0.25, 0.3) is 0 Å². The third-order valence-corrected chi connectivity index (χ3v) is 3.46. The molecule has 0 amide bonds. The van der Waals surface area contributed by atoms with E-state index in [1.54, 1.807) is 0 Å². The zero-order valence-corrected chi connectivity index (χ0v) is 9.16. The van der Waals surface area contributed by atoms with Crippen LogP contribution in [0.5, 0.6) is 0 Å². The number of anilines is 1. The summed E-state index contributed by atoms with van der Waals surface area (Å²) in [5.41, 5.74) is 0.917. The van der Waals surface area contributed by atoms with Crippen molar-refractivity contribution in [2.45, 2.75) is 6.54 Å². The average Bonchev–Trinajstić information content (AvgIpc) is 2.77. The first-order chi connectivity index (χ1) is 6.77. The molecular formula is C7H5Cl2N3OS. The molecule has 0 atom stereocenters. The summed E-state index contributed by atoms with van der Waals surface area (Å²) in [6.45, 7) is 0.518. The maximum atomic E-state index is 5.92. The Kier molecular flexibility index (Phi) is 2.90. The predicted molar refractivity (Wildman–Crippen MR) is 56.0 cm³/mol.